The van der Waals surface area contributed by atoms with E-state index in [1.165, 1.54) is 131 Å². The second-order valence-corrected chi connectivity index (χ2v) is 16.3. The van der Waals surface area contributed by atoms with Gasteiger partial charge in [0.1, 0.15) is 0 Å². The molecule has 46 heavy (non-hydrogen) atoms. The normalized spacial score (nSPS) is 11.8. The molecule has 0 saturated heterocycles. The minimum absolute atomic E-state index is 0.000425. The predicted octanol–water partition coefficient (Wildman–Crippen LogP) is 10.3. The van der Waals surface area contributed by atoms with Crippen LogP contribution in [0.2, 0.25) is 10.0 Å². The molecule has 0 aliphatic rings. The van der Waals surface area contributed by atoms with E-state index in [9.17, 15) is 21.6 Å². The lowest BCUT2D eigenvalue weighted by Crippen LogP contribution is -2.18. The minimum atomic E-state index is -4.01. The zero-order chi connectivity index (χ0) is 33.4. The first-order valence-corrected chi connectivity index (χ1v) is 20.1. The van der Waals surface area contributed by atoms with Gasteiger partial charge in [0, 0.05) is 15.7 Å². The molecule has 7 nitrogen and oxygen atoms in total. The first kappa shape index (κ1) is 37.9. The minimum Gasteiger partial charge on any atom is -0.322 e. The molecule has 0 atom stereocenters. The van der Waals surface area contributed by atoms with Gasteiger partial charge in [0.15, 0.2) is 9.84 Å². The quantitative estimate of drug-likeness (QED) is 0.107. The van der Waals surface area contributed by atoms with Crippen LogP contribution in [0.5, 0.6) is 0 Å². The summed E-state index contributed by atoms with van der Waals surface area (Å²) >= 11 is 12.0. The standard InChI is InChI=1S/C35H46Cl2N2O5S2/c1-2-3-4-5-6-7-8-9-10-11-12-13-14-15-26-45(41,42)31-23-19-30(20-24-31)38-35(40)33-27-29(37)18-25-34(33)39-46(43,44)32-21-16-28(36)17-22-32/h16-25,27,39H,2-15,26H2,1H3,(H,38,40). The van der Waals surface area contributed by atoms with Gasteiger partial charge in [0.2, 0.25) is 0 Å². The number of sulfone groups is 1. The van der Waals surface area contributed by atoms with E-state index in [0.717, 1.165) is 19.3 Å². The second-order valence-electron chi connectivity index (χ2n) is 11.6. The van der Waals surface area contributed by atoms with Crippen LogP contribution in [0, 0.1) is 0 Å². The number of hydrogen-bond donors (Lipinski definition) is 2. The van der Waals surface area contributed by atoms with Crippen LogP contribution in [0.15, 0.2) is 76.5 Å². The van der Waals surface area contributed by atoms with Crippen LogP contribution in [-0.4, -0.2) is 28.5 Å². The highest BCUT2D eigenvalue weighted by Gasteiger charge is 2.20. The largest absolute Gasteiger partial charge is 0.322 e. The Morgan fingerprint density at radius 1 is 0.609 bits per heavy atom. The average Bonchev–Trinajstić information content (AvgIpc) is 3.02. The summed E-state index contributed by atoms with van der Waals surface area (Å²) in [4.78, 5) is 13.3. The summed E-state index contributed by atoms with van der Waals surface area (Å²) in [6, 6.07) is 15.8. The maximum absolute atomic E-state index is 13.2. The summed E-state index contributed by atoms with van der Waals surface area (Å²) in [5, 5.41) is 3.32. The highest BCUT2D eigenvalue weighted by Crippen LogP contribution is 2.26. The van der Waals surface area contributed by atoms with E-state index < -0.39 is 25.8 Å². The number of carbonyl (C=O) groups excluding carboxylic acids is 1. The zero-order valence-corrected chi connectivity index (χ0v) is 29.7. The molecule has 0 unspecified atom stereocenters. The highest BCUT2D eigenvalue weighted by atomic mass is 35.5. The third kappa shape index (κ3) is 12.9. The van der Waals surface area contributed by atoms with E-state index in [4.69, 9.17) is 23.2 Å². The smallest absolute Gasteiger partial charge is 0.261 e. The number of sulfonamides is 1. The maximum atomic E-state index is 13.2. The van der Waals surface area contributed by atoms with Crippen LogP contribution in [0.3, 0.4) is 0 Å². The molecule has 3 aromatic rings. The summed E-state index contributed by atoms with van der Waals surface area (Å²) in [5.74, 6) is -0.537. The average molecular weight is 710 g/mol. The molecule has 252 valence electrons. The fraction of sp³-hybridized carbons (Fsp3) is 0.457. The molecule has 0 fully saturated rings. The van der Waals surface area contributed by atoms with Crippen LogP contribution < -0.4 is 10.0 Å². The fourth-order valence-corrected chi connectivity index (χ4v) is 7.91. The molecule has 11 heteroatoms. The molecule has 0 spiro atoms. The zero-order valence-electron chi connectivity index (χ0n) is 26.6. The van der Waals surface area contributed by atoms with Crippen LogP contribution in [0.25, 0.3) is 0 Å². The van der Waals surface area contributed by atoms with E-state index in [0.29, 0.717) is 17.1 Å². The van der Waals surface area contributed by atoms with Gasteiger partial charge < -0.3 is 5.32 Å². The molecular weight excluding hydrogens is 663 g/mol. The Bertz CT molecular complexity index is 1590. The van der Waals surface area contributed by atoms with Gasteiger partial charge in [0.05, 0.1) is 26.8 Å². The van der Waals surface area contributed by atoms with Crippen molar-refractivity contribution in [3.8, 4) is 0 Å². The topological polar surface area (TPSA) is 109 Å². The van der Waals surface area contributed by atoms with E-state index in [1.54, 1.807) is 0 Å². The third-order valence-electron chi connectivity index (χ3n) is 7.83. The van der Waals surface area contributed by atoms with Crippen LogP contribution in [0.4, 0.5) is 11.4 Å². The fourth-order valence-electron chi connectivity index (χ4n) is 5.16. The van der Waals surface area contributed by atoms with Crippen molar-refractivity contribution < 1.29 is 21.6 Å². The summed E-state index contributed by atoms with van der Waals surface area (Å²) in [6.45, 7) is 2.24. The van der Waals surface area contributed by atoms with Gasteiger partial charge in [-0.2, -0.15) is 0 Å². The van der Waals surface area contributed by atoms with Gasteiger partial charge in [0.25, 0.3) is 15.9 Å². The Labute approximate surface area is 285 Å². The first-order valence-electron chi connectivity index (χ1n) is 16.2. The van der Waals surface area contributed by atoms with Gasteiger partial charge in [-0.25, -0.2) is 16.8 Å². The van der Waals surface area contributed by atoms with Gasteiger partial charge in [-0.05, 0) is 73.2 Å². The number of amides is 1. The first-order chi connectivity index (χ1) is 22.0. The molecule has 1 amide bonds. The van der Waals surface area contributed by atoms with Crippen molar-refractivity contribution in [1.82, 2.24) is 0 Å². The molecule has 0 aromatic heterocycles. The Kier molecular flexibility index (Phi) is 15.9. The number of benzene rings is 3. The van der Waals surface area contributed by atoms with Crippen molar-refractivity contribution >= 4 is 60.3 Å². The number of halogens is 2. The molecular formula is C35H46Cl2N2O5S2. The molecule has 0 aliphatic heterocycles. The number of anilines is 2. The lowest BCUT2D eigenvalue weighted by Gasteiger charge is -2.14. The Morgan fingerprint density at radius 3 is 1.63 bits per heavy atom. The lowest BCUT2D eigenvalue weighted by molar-refractivity contribution is 0.102. The van der Waals surface area contributed by atoms with E-state index in [2.05, 4.69) is 17.0 Å². The van der Waals surface area contributed by atoms with Crippen molar-refractivity contribution in [3.05, 3.63) is 82.3 Å². The van der Waals surface area contributed by atoms with Crippen molar-refractivity contribution in [1.29, 1.82) is 0 Å². The van der Waals surface area contributed by atoms with Crippen molar-refractivity contribution in [2.75, 3.05) is 15.8 Å². The molecule has 0 saturated carbocycles. The van der Waals surface area contributed by atoms with E-state index in [-0.39, 0.29) is 31.8 Å². The highest BCUT2D eigenvalue weighted by molar-refractivity contribution is 7.92. The Morgan fingerprint density at radius 2 is 1.09 bits per heavy atom. The number of rotatable bonds is 21. The molecule has 0 bridgehead atoms. The summed E-state index contributed by atoms with van der Waals surface area (Å²) in [6.07, 6.45) is 16.8. The number of hydrogen-bond acceptors (Lipinski definition) is 5. The number of carbonyl (C=O) groups is 1. The molecule has 3 rings (SSSR count). The van der Waals surface area contributed by atoms with Crippen LogP contribution in [-0.2, 0) is 19.9 Å². The van der Waals surface area contributed by atoms with E-state index >= 15 is 0 Å². The van der Waals surface area contributed by atoms with E-state index in [1.807, 2.05) is 0 Å². The summed E-state index contributed by atoms with van der Waals surface area (Å²) in [5.41, 5.74) is 0.385. The van der Waals surface area contributed by atoms with Gasteiger partial charge in [-0.15, -0.1) is 0 Å². The lowest BCUT2D eigenvalue weighted by atomic mass is 10.0. The SMILES string of the molecule is CCCCCCCCCCCCCCCCS(=O)(=O)c1ccc(NC(=O)c2cc(Cl)ccc2NS(=O)(=O)c2ccc(Cl)cc2)cc1. The van der Waals surface area contributed by atoms with Gasteiger partial charge >= 0.3 is 0 Å². The maximum Gasteiger partial charge on any atom is 0.261 e. The van der Waals surface area contributed by atoms with Crippen molar-refractivity contribution in [3.63, 3.8) is 0 Å². The molecule has 2 N–H and O–H groups in total. The summed E-state index contributed by atoms with van der Waals surface area (Å²) < 4.78 is 54.0. The molecule has 0 aliphatic carbocycles. The molecule has 3 aromatic carbocycles. The Hall–Kier alpha value is -2.59. The second kappa shape index (κ2) is 19.3. The summed E-state index contributed by atoms with van der Waals surface area (Å²) in [7, 11) is -7.47. The number of nitrogens with one attached hydrogen (secondary N) is 2. The van der Waals surface area contributed by atoms with Gasteiger partial charge in [-0.1, -0.05) is 114 Å². The molecule has 0 radical (unpaired) electrons. The van der Waals surface area contributed by atoms with Crippen LogP contribution >= 0.6 is 23.2 Å². The van der Waals surface area contributed by atoms with Crippen molar-refractivity contribution in [2.45, 2.75) is 107 Å². The monoisotopic (exact) mass is 708 g/mol. The number of unbranched alkanes of at least 4 members (excludes halogenated alkanes) is 13. The van der Waals surface area contributed by atoms with Crippen molar-refractivity contribution in [2.24, 2.45) is 0 Å². The molecule has 0 heterocycles. The van der Waals surface area contributed by atoms with Gasteiger partial charge in [-0.3, -0.25) is 9.52 Å². The Balaban J connectivity index is 1.44. The third-order valence-corrected chi connectivity index (χ3v) is 11.5. The van der Waals surface area contributed by atoms with Crippen LogP contribution in [0.1, 0.15) is 107 Å². The predicted molar refractivity (Wildman–Crippen MR) is 190 cm³/mol.